The molecule has 1 unspecified atom stereocenters. The third kappa shape index (κ3) is 3.77. The van der Waals surface area contributed by atoms with E-state index in [4.69, 9.17) is 0 Å². The van der Waals surface area contributed by atoms with Crippen molar-refractivity contribution < 1.29 is 36.6 Å². The molecule has 1 amide bonds. The van der Waals surface area contributed by atoms with E-state index in [-0.39, 0.29) is 27.5 Å². The molecule has 0 aliphatic heterocycles. The molecule has 1 aromatic heterocycles. The number of carbonyl (C=O) groups is 2. The van der Waals surface area contributed by atoms with Crippen LogP contribution < -0.4 is 4.80 Å². The molecule has 5 nitrogen and oxygen atoms in total. The fourth-order valence-electron chi connectivity index (χ4n) is 2.72. The number of thiazole rings is 1. The van der Waals surface area contributed by atoms with Crippen LogP contribution in [-0.4, -0.2) is 21.6 Å². The lowest BCUT2D eigenvalue weighted by atomic mass is 10.2. The van der Waals surface area contributed by atoms with Crippen LogP contribution in [0.4, 0.5) is 22.0 Å². The maximum absolute atomic E-state index is 13.9. The minimum atomic E-state index is -1.50. The fraction of sp³-hybridized carbons (Fsp3) is 0.167. The Balaban J connectivity index is 2.29. The molecule has 0 saturated carbocycles. The highest BCUT2D eigenvalue weighted by Gasteiger charge is 2.24. The van der Waals surface area contributed by atoms with Crippen molar-refractivity contribution in [2.45, 2.75) is 19.4 Å². The average molecular weight is 430 g/mol. The molecule has 0 aliphatic carbocycles. The summed E-state index contributed by atoms with van der Waals surface area (Å²) in [5.41, 5.74) is -0.922. The standard InChI is InChI=1S/C18H11F5N2O3S/c1-2-13(17(27)28)25-14-5-11(22)12(23)6-15(14)29-18(25)24-16(26)7-3-9(20)10(21)4-8(7)19/h3-6,13H,2H2,1H3,(H,27,28)/b24-18-. The molecule has 1 heterocycles. The number of benzene rings is 2. The van der Waals surface area contributed by atoms with Crippen molar-refractivity contribution >= 4 is 33.4 Å². The smallest absolute Gasteiger partial charge is 0.326 e. The third-order valence-corrected chi connectivity index (χ3v) is 5.11. The summed E-state index contributed by atoms with van der Waals surface area (Å²) in [4.78, 5) is 27.3. The van der Waals surface area contributed by atoms with E-state index in [1.807, 2.05) is 0 Å². The van der Waals surface area contributed by atoms with Gasteiger partial charge in [-0.25, -0.2) is 26.7 Å². The first-order valence-electron chi connectivity index (χ1n) is 8.10. The van der Waals surface area contributed by atoms with Crippen molar-refractivity contribution in [2.24, 2.45) is 4.99 Å². The van der Waals surface area contributed by atoms with E-state index in [9.17, 15) is 36.6 Å². The molecule has 3 rings (SSSR count). The molecule has 0 spiro atoms. The first-order valence-corrected chi connectivity index (χ1v) is 8.92. The number of rotatable bonds is 4. The van der Waals surface area contributed by atoms with Crippen LogP contribution in [0.2, 0.25) is 0 Å². The number of aliphatic carboxylic acids is 1. The highest BCUT2D eigenvalue weighted by Crippen LogP contribution is 2.25. The second-order valence-corrected chi connectivity index (χ2v) is 6.92. The minimum Gasteiger partial charge on any atom is -0.480 e. The van der Waals surface area contributed by atoms with E-state index in [1.54, 1.807) is 0 Å². The number of amides is 1. The van der Waals surface area contributed by atoms with E-state index in [0.29, 0.717) is 17.4 Å². The van der Waals surface area contributed by atoms with Gasteiger partial charge < -0.3 is 9.67 Å². The molecule has 2 aromatic carbocycles. The number of fused-ring (bicyclic) bond motifs is 1. The summed E-state index contributed by atoms with van der Waals surface area (Å²) in [6, 6.07) is 0.766. The van der Waals surface area contributed by atoms with Gasteiger partial charge in [0.15, 0.2) is 28.1 Å². The number of carboxylic acid groups (broad SMARTS) is 1. The summed E-state index contributed by atoms with van der Waals surface area (Å²) in [6.07, 6.45) is 0.00107. The van der Waals surface area contributed by atoms with E-state index in [2.05, 4.69) is 4.99 Å². The lowest BCUT2D eigenvalue weighted by Crippen LogP contribution is -2.27. The Kier molecular flexibility index (Phi) is 5.51. The van der Waals surface area contributed by atoms with Crippen molar-refractivity contribution in [3.05, 3.63) is 63.7 Å². The van der Waals surface area contributed by atoms with E-state index in [1.165, 1.54) is 6.92 Å². The van der Waals surface area contributed by atoms with E-state index < -0.39 is 52.6 Å². The van der Waals surface area contributed by atoms with Crippen LogP contribution in [-0.2, 0) is 4.79 Å². The monoisotopic (exact) mass is 430 g/mol. The van der Waals surface area contributed by atoms with Gasteiger partial charge in [-0.2, -0.15) is 4.99 Å². The normalized spacial score (nSPS) is 13.1. The van der Waals surface area contributed by atoms with Crippen molar-refractivity contribution in [1.29, 1.82) is 0 Å². The van der Waals surface area contributed by atoms with Gasteiger partial charge in [-0.05, 0) is 18.6 Å². The lowest BCUT2D eigenvalue weighted by molar-refractivity contribution is -0.140. The van der Waals surface area contributed by atoms with Gasteiger partial charge in [0.1, 0.15) is 11.9 Å². The molecule has 0 fully saturated rings. The van der Waals surface area contributed by atoms with Crippen LogP contribution in [0.15, 0.2) is 29.3 Å². The van der Waals surface area contributed by atoms with Crippen LogP contribution in [0.1, 0.15) is 29.7 Å². The molecular weight excluding hydrogens is 419 g/mol. The Morgan fingerprint density at radius 2 is 1.59 bits per heavy atom. The van der Waals surface area contributed by atoms with E-state index >= 15 is 0 Å². The molecule has 0 radical (unpaired) electrons. The fourth-order valence-corrected chi connectivity index (χ4v) is 3.79. The Morgan fingerprint density at radius 3 is 2.21 bits per heavy atom. The molecule has 0 saturated heterocycles. The number of hydrogen-bond donors (Lipinski definition) is 1. The molecule has 1 atom stereocenters. The van der Waals surface area contributed by atoms with Gasteiger partial charge in [0.05, 0.1) is 15.8 Å². The zero-order chi connectivity index (χ0) is 21.5. The summed E-state index contributed by atoms with van der Waals surface area (Å²) in [5.74, 6) is -9.43. The summed E-state index contributed by atoms with van der Waals surface area (Å²) in [7, 11) is 0. The summed E-state index contributed by atoms with van der Waals surface area (Å²) >= 11 is 0.659. The van der Waals surface area contributed by atoms with Crippen molar-refractivity contribution in [2.75, 3.05) is 0 Å². The first kappa shape index (κ1) is 20.6. The minimum absolute atomic E-state index is 0.00107. The third-order valence-electron chi connectivity index (χ3n) is 4.09. The van der Waals surface area contributed by atoms with Gasteiger partial charge in [-0.3, -0.25) is 4.79 Å². The number of carbonyl (C=O) groups excluding carboxylic acids is 1. The highest BCUT2D eigenvalue weighted by molar-refractivity contribution is 7.16. The molecule has 11 heteroatoms. The molecule has 0 bridgehead atoms. The SMILES string of the molecule is CCC(C(=O)O)n1/c(=N/C(=O)c2cc(F)c(F)cc2F)sc2cc(F)c(F)cc21. The second kappa shape index (κ2) is 7.74. The van der Waals surface area contributed by atoms with Crippen LogP contribution >= 0.6 is 11.3 Å². The zero-order valence-electron chi connectivity index (χ0n) is 14.6. The average Bonchev–Trinajstić information content (AvgIpc) is 2.96. The number of hydrogen-bond acceptors (Lipinski definition) is 3. The quantitative estimate of drug-likeness (QED) is 0.499. The highest BCUT2D eigenvalue weighted by atomic mass is 32.1. The molecule has 3 aromatic rings. The number of halogens is 5. The maximum atomic E-state index is 13.9. The number of nitrogens with zero attached hydrogens (tertiary/aromatic N) is 2. The Bertz CT molecular complexity index is 1220. The Labute approximate surface area is 163 Å². The summed E-state index contributed by atoms with van der Waals surface area (Å²) in [6.45, 7) is 1.51. The van der Waals surface area contributed by atoms with Gasteiger partial charge in [0, 0.05) is 12.1 Å². The van der Waals surface area contributed by atoms with Gasteiger partial charge in [0.2, 0.25) is 0 Å². The van der Waals surface area contributed by atoms with Gasteiger partial charge in [-0.15, -0.1) is 0 Å². The Morgan fingerprint density at radius 1 is 1.00 bits per heavy atom. The zero-order valence-corrected chi connectivity index (χ0v) is 15.4. The maximum Gasteiger partial charge on any atom is 0.326 e. The van der Waals surface area contributed by atoms with Crippen molar-refractivity contribution in [1.82, 2.24) is 4.57 Å². The first-order chi connectivity index (χ1) is 13.6. The van der Waals surface area contributed by atoms with Crippen LogP contribution in [0.5, 0.6) is 0 Å². The number of carboxylic acids is 1. The molecule has 1 N–H and O–H groups in total. The van der Waals surface area contributed by atoms with Gasteiger partial charge in [0.25, 0.3) is 5.91 Å². The summed E-state index contributed by atoms with van der Waals surface area (Å²) in [5, 5.41) is 9.45. The van der Waals surface area contributed by atoms with Crippen LogP contribution in [0.3, 0.4) is 0 Å². The summed E-state index contributed by atoms with van der Waals surface area (Å²) < 4.78 is 68.7. The van der Waals surface area contributed by atoms with Crippen LogP contribution in [0, 0.1) is 29.1 Å². The topological polar surface area (TPSA) is 71.7 Å². The van der Waals surface area contributed by atoms with Crippen LogP contribution in [0.25, 0.3) is 10.2 Å². The predicted molar refractivity (Wildman–Crippen MR) is 92.9 cm³/mol. The number of aromatic nitrogens is 1. The van der Waals surface area contributed by atoms with Gasteiger partial charge in [-0.1, -0.05) is 18.3 Å². The van der Waals surface area contributed by atoms with Gasteiger partial charge >= 0.3 is 5.97 Å². The predicted octanol–water partition coefficient (Wildman–Crippen LogP) is 4.18. The lowest BCUT2D eigenvalue weighted by Gasteiger charge is -2.13. The second-order valence-electron chi connectivity index (χ2n) is 5.91. The van der Waals surface area contributed by atoms with E-state index in [0.717, 1.165) is 16.7 Å². The van der Waals surface area contributed by atoms with Crippen molar-refractivity contribution in [3.63, 3.8) is 0 Å². The molecular formula is C18H11F5N2O3S. The van der Waals surface area contributed by atoms with Crippen molar-refractivity contribution in [3.8, 4) is 0 Å². The molecule has 0 aliphatic rings. The molecule has 152 valence electrons. The largest absolute Gasteiger partial charge is 0.480 e. The molecule has 29 heavy (non-hydrogen) atoms. The Hall–Kier alpha value is -3.08.